The monoisotopic (exact) mass is 264 g/mol. The van der Waals surface area contributed by atoms with Gasteiger partial charge in [-0.1, -0.05) is 12.1 Å². The summed E-state index contributed by atoms with van der Waals surface area (Å²) in [5, 5.41) is 3.25. The predicted molar refractivity (Wildman–Crippen MR) is 75.7 cm³/mol. The van der Waals surface area contributed by atoms with Gasteiger partial charge in [-0.05, 0) is 43.3 Å². The van der Waals surface area contributed by atoms with Gasteiger partial charge in [0.1, 0.15) is 0 Å². The van der Waals surface area contributed by atoms with Crippen LogP contribution in [-0.2, 0) is 11.3 Å². The molecule has 1 aliphatic heterocycles. The molecule has 1 atom stereocenters. The second kappa shape index (κ2) is 6.25. The second-order valence-electron chi connectivity index (χ2n) is 4.69. The SMILES string of the molecule is CSc1ccc(CN(C)C(=O)[C@H]2CCCN2)cc1. The quantitative estimate of drug-likeness (QED) is 0.846. The Labute approximate surface area is 113 Å². The molecule has 2 rings (SSSR count). The van der Waals surface area contributed by atoms with Crippen LogP contribution in [0.3, 0.4) is 0 Å². The molecule has 1 aromatic rings. The molecular weight excluding hydrogens is 244 g/mol. The molecule has 0 unspecified atom stereocenters. The summed E-state index contributed by atoms with van der Waals surface area (Å²) in [5.41, 5.74) is 1.18. The number of rotatable bonds is 4. The molecule has 0 spiro atoms. The van der Waals surface area contributed by atoms with Crippen molar-refractivity contribution in [1.29, 1.82) is 0 Å². The van der Waals surface area contributed by atoms with Crippen LogP contribution in [0.4, 0.5) is 0 Å². The predicted octanol–water partition coefficient (Wildman–Crippen LogP) is 2.12. The highest BCUT2D eigenvalue weighted by atomic mass is 32.2. The Morgan fingerprint density at radius 2 is 2.17 bits per heavy atom. The van der Waals surface area contributed by atoms with Crippen LogP contribution < -0.4 is 5.32 Å². The Kier molecular flexibility index (Phi) is 4.66. The molecule has 1 aliphatic rings. The minimum Gasteiger partial charge on any atom is -0.340 e. The van der Waals surface area contributed by atoms with E-state index in [1.807, 2.05) is 11.9 Å². The Morgan fingerprint density at radius 3 is 2.72 bits per heavy atom. The van der Waals surface area contributed by atoms with E-state index in [2.05, 4.69) is 35.8 Å². The largest absolute Gasteiger partial charge is 0.340 e. The Bertz CT molecular complexity index is 399. The molecule has 4 heteroatoms. The first-order chi connectivity index (χ1) is 8.70. The van der Waals surface area contributed by atoms with Crippen LogP contribution in [0, 0.1) is 0 Å². The summed E-state index contributed by atoms with van der Waals surface area (Å²) in [4.78, 5) is 15.2. The first-order valence-electron chi connectivity index (χ1n) is 6.32. The van der Waals surface area contributed by atoms with Crippen molar-refractivity contribution < 1.29 is 4.79 Å². The molecular formula is C14H20N2OS. The fourth-order valence-electron chi connectivity index (χ4n) is 2.24. The average Bonchev–Trinajstić information content (AvgIpc) is 2.92. The number of benzene rings is 1. The number of hydrogen-bond acceptors (Lipinski definition) is 3. The van der Waals surface area contributed by atoms with Gasteiger partial charge in [-0.15, -0.1) is 11.8 Å². The highest BCUT2D eigenvalue weighted by Gasteiger charge is 2.24. The molecule has 1 N–H and O–H groups in total. The van der Waals surface area contributed by atoms with Crippen LogP contribution in [0.25, 0.3) is 0 Å². The summed E-state index contributed by atoms with van der Waals surface area (Å²) in [5.74, 6) is 0.210. The van der Waals surface area contributed by atoms with Gasteiger partial charge in [0.2, 0.25) is 5.91 Å². The number of nitrogens with one attached hydrogen (secondary N) is 1. The highest BCUT2D eigenvalue weighted by Crippen LogP contribution is 2.16. The lowest BCUT2D eigenvalue weighted by atomic mass is 10.1. The molecule has 0 aliphatic carbocycles. The van der Waals surface area contributed by atoms with Gasteiger partial charge < -0.3 is 10.2 Å². The zero-order valence-corrected chi connectivity index (χ0v) is 11.8. The zero-order valence-electron chi connectivity index (χ0n) is 11.0. The Balaban J connectivity index is 1.92. The van der Waals surface area contributed by atoms with E-state index in [0.29, 0.717) is 6.54 Å². The highest BCUT2D eigenvalue weighted by molar-refractivity contribution is 7.98. The molecule has 1 aromatic carbocycles. The van der Waals surface area contributed by atoms with Crippen molar-refractivity contribution in [2.24, 2.45) is 0 Å². The number of carbonyl (C=O) groups is 1. The molecule has 1 amide bonds. The summed E-state index contributed by atoms with van der Waals surface area (Å²) in [7, 11) is 1.88. The summed E-state index contributed by atoms with van der Waals surface area (Å²) in [6.07, 6.45) is 4.14. The van der Waals surface area contributed by atoms with Gasteiger partial charge in [0, 0.05) is 18.5 Å². The molecule has 0 bridgehead atoms. The summed E-state index contributed by atoms with van der Waals surface area (Å²) >= 11 is 1.73. The molecule has 0 saturated carbocycles. The van der Waals surface area contributed by atoms with E-state index in [0.717, 1.165) is 19.4 Å². The lowest BCUT2D eigenvalue weighted by molar-refractivity contribution is -0.132. The lowest BCUT2D eigenvalue weighted by Crippen LogP contribution is -2.41. The normalized spacial score (nSPS) is 18.9. The second-order valence-corrected chi connectivity index (χ2v) is 5.57. The smallest absolute Gasteiger partial charge is 0.239 e. The molecule has 1 saturated heterocycles. The number of likely N-dealkylation sites (N-methyl/N-ethyl adjacent to an activating group) is 1. The minimum absolute atomic E-state index is 0.0282. The van der Waals surface area contributed by atoms with Crippen LogP contribution in [0.1, 0.15) is 18.4 Å². The average molecular weight is 264 g/mol. The van der Waals surface area contributed by atoms with Crippen molar-refractivity contribution in [1.82, 2.24) is 10.2 Å². The molecule has 0 radical (unpaired) electrons. The Morgan fingerprint density at radius 1 is 1.44 bits per heavy atom. The molecule has 18 heavy (non-hydrogen) atoms. The first kappa shape index (κ1) is 13.4. The van der Waals surface area contributed by atoms with E-state index in [1.165, 1.54) is 10.5 Å². The van der Waals surface area contributed by atoms with Crippen LogP contribution in [-0.4, -0.2) is 36.7 Å². The standard InChI is InChI=1S/C14H20N2OS/c1-16(14(17)13-4-3-9-15-13)10-11-5-7-12(18-2)8-6-11/h5-8,13,15H,3-4,9-10H2,1-2H3/t13-/m1/s1. The van der Waals surface area contributed by atoms with E-state index in [4.69, 9.17) is 0 Å². The number of amides is 1. The summed E-state index contributed by atoms with van der Waals surface area (Å²) in [6.45, 7) is 1.65. The van der Waals surface area contributed by atoms with Gasteiger partial charge >= 0.3 is 0 Å². The fraction of sp³-hybridized carbons (Fsp3) is 0.500. The van der Waals surface area contributed by atoms with Crippen molar-refractivity contribution in [3.8, 4) is 0 Å². The number of nitrogens with zero attached hydrogens (tertiary/aromatic N) is 1. The molecule has 1 heterocycles. The molecule has 3 nitrogen and oxygen atoms in total. The third-order valence-electron chi connectivity index (χ3n) is 3.31. The van der Waals surface area contributed by atoms with Crippen molar-refractivity contribution in [2.45, 2.75) is 30.3 Å². The van der Waals surface area contributed by atoms with Gasteiger partial charge in [0.25, 0.3) is 0 Å². The van der Waals surface area contributed by atoms with Gasteiger partial charge in [-0.3, -0.25) is 4.79 Å². The van der Waals surface area contributed by atoms with Gasteiger partial charge in [-0.25, -0.2) is 0 Å². The van der Waals surface area contributed by atoms with Crippen molar-refractivity contribution in [2.75, 3.05) is 19.8 Å². The van der Waals surface area contributed by atoms with E-state index in [1.54, 1.807) is 11.8 Å². The van der Waals surface area contributed by atoms with Crippen LogP contribution in [0.15, 0.2) is 29.2 Å². The van der Waals surface area contributed by atoms with E-state index >= 15 is 0 Å². The Hall–Kier alpha value is -1.00. The molecule has 1 fully saturated rings. The minimum atomic E-state index is 0.0282. The maximum absolute atomic E-state index is 12.1. The van der Waals surface area contributed by atoms with Crippen molar-refractivity contribution >= 4 is 17.7 Å². The third-order valence-corrected chi connectivity index (χ3v) is 4.06. The van der Waals surface area contributed by atoms with Crippen molar-refractivity contribution in [3.63, 3.8) is 0 Å². The van der Waals surface area contributed by atoms with Crippen LogP contribution in [0.2, 0.25) is 0 Å². The zero-order chi connectivity index (χ0) is 13.0. The molecule has 0 aromatic heterocycles. The van der Waals surface area contributed by atoms with Crippen LogP contribution >= 0.6 is 11.8 Å². The number of hydrogen-bond donors (Lipinski definition) is 1. The molecule has 98 valence electrons. The maximum atomic E-state index is 12.1. The first-order valence-corrected chi connectivity index (χ1v) is 7.54. The van der Waals surface area contributed by atoms with E-state index < -0.39 is 0 Å². The van der Waals surface area contributed by atoms with E-state index in [-0.39, 0.29) is 11.9 Å². The number of carbonyl (C=O) groups excluding carboxylic acids is 1. The van der Waals surface area contributed by atoms with Gasteiger partial charge in [0.15, 0.2) is 0 Å². The van der Waals surface area contributed by atoms with E-state index in [9.17, 15) is 4.79 Å². The topological polar surface area (TPSA) is 32.3 Å². The maximum Gasteiger partial charge on any atom is 0.239 e. The third kappa shape index (κ3) is 3.27. The number of thioether (sulfide) groups is 1. The summed E-state index contributed by atoms with van der Waals surface area (Å²) in [6, 6.07) is 8.42. The van der Waals surface area contributed by atoms with Crippen molar-refractivity contribution in [3.05, 3.63) is 29.8 Å². The summed E-state index contributed by atoms with van der Waals surface area (Å²) < 4.78 is 0. The fourth-order valence-corrected chi connectivity index (χ4v) is 2.65. The van der Waals surface area contributed by atoms with Gasteiger partial charge in [0.05, 0.1) is 6.04 Å². The van der Waals surface area contributed by atoms with Gasteiger partial charge in [-0.2, -0.15) is 0 Å². The lowest BCUT2D eigenvalue weighted by Gasteiger charge is -2.21. The van der Waals surface area contributed by atoms with Crippen LogP contribution in [0.5, 0.6) is 0 Å².